The highest BCUT2D eigenvalue weighted by molar-refractivity contribution is 6.08. The predicted octanol–water partition coefficient (Wildman–Crippen LogP) is 0.972. The van der Waals surface area contributed by atoms with Crippen LogP contribution in [0.25, 0.3) is 0 Å². The zero-order chi connectivity index (χ0) is 10.1. The van der Waals surface area contributed by atoms with Gasteiger partial charge in [0, 0.05) is 19.2 Å². The number of aromatic nitrogens is 2. The van der Waals surface area contributed by atoms with Crippen molar-refractivity contribution in [2.45, 2.75) is 19.3 Å². The van der Waals surface area contributed by atoms with Crippen molar-refractivity contribution >= 4 is 11.6 Å². The Bertz CT molecular complexity index is 377. The van der Waals surface area contributed by atoms with Gasteiger partial charge in [-0.05, 0) is 18.9 Å². The zero-order valence-electron chi connectivity index (χ0n) is 8.06. The number of ketones is 2. The van der Waals surface area contributed by atoms with Gasteiger partial charge in [-0.15, -0.1) is 0 Å². The number of hydrogen-bond donors (Lipinski definition) is 0. The highest BCUT2D eigenvalue weighted by Gasteiger charge is 2.31. The lowest BCUT2D eigenvalue weighted by atomic mass is 10.1. The monoisotopic (exact) mass is 192 g/mol. The van der Waals surface area contributed by atoms with Crippen LogP contribution in [-0.2, 0) is 11.8 Å². The second-order valence-electron chi connectivity index (χ2n) is 3.72. The topological polar surface area (TPSA) is 52.0 Å². The van der Waals surface area contributed by atoms with E-state index >= 15 is 0 Å². The Morgan fingerprint density at radius 3 is 2.79 bits per heavy atom. The smallest absolute Gasteiger partial charge is 0.190 e. The molecule has 1 aromatic rings. The van der Waals surface area contributed by atoms with Crippen LogP contribution in [0.1, 0.15) is 29.8 Å². The van der Waals surface area contributed by atoms with Gasteiger partial charge < -0.3 is 0 Å². The fraction of sp³-hybridized carbons (Fsp3) is 0.500. The summed E-state index contributed by atoms with van der Waals surface area (Å²) in [7, 11) is 1.75. The summed E-state index contributed by atoms with van der Waals surface area (Å²) in [5.74, 6) is 0.0609. The summed E-state index contributed by atoms with van der Waals surface area (Å²) in [6.07, 6.45) is 3.62. The molecule has 0 spiro atoms. The van der Waals surface area contributed by atoms with Crippen LogP contribution < -0.4 is 0 Å². The van der Waals surface area contributed by atoms with Crippen LogP contribution in [-0.4, -0.2) is 21.3 Å². The van der Waals surface area contributed by atoms with Crippen LogP contribution in [0.3, 0.4) is 0 Å². The Kier molecular flexibility index (Phi) is 2.19. The maximum absolute atomic E-state index is 11.5. The minimum Gasteiger partial charge on any atom is -0.299 e. The molecule has 0 unspecified atom stereocenters. The number of carbonyl (C=O) groups is 2. The second-order valence-corrected chi connectivity index (χ2v) is 3.72. The van der Waals surface area contributed by atoms with Gasteiger partial charge in [-0.25, -0.2) is 0 Å². The van der Waals surface area contributed by atoms with E-state index in [0.29, 0.717) is 5.69 Å². The van der Waals surface area contributed by atoms with Gasteiger partial charge >= 0.3 is 0 Å². The third-order valence-corrected chi connectivity index (χ3v) is 2.37. The highest BCUT2D eigenvalue weighted by atomic mass is 16.1. The Balaban J connectivity index is 1.98. The average molecular weight is 192 g/mol. The SMILES string of the molecule is Cn1ccc(C(=O)CC(=O)C2CC2)n1. The summed E-state index contributed by atoms with van der Waals surface area (Å²) >= 11 is 0. The fourth-order valence-electron chi connectivity index (χ4n) is 1.36. The number of aryl methyl sites for hydroxylation is 1. The van der Waals surface area contributed by atoms with E-state index in [-0.39, 0.29) is 23.9 Å². The van der Waals surface area contributed by atoms with E-state index in [1.54, 1.807) is 24.0 Å². The molecule has 0 N–H and O–H groups in total. The molecule has 2 rings (SSSR count). The third kappa shape index (κ3) is 1.89. The summed E-state index contributed by atoms with van der Waals surface area (Å²) < 4.78 is 1.56. The first-order valence-corrected chi connectivity index (χ1v) is 4.72. The fourth-order valence-corrected chi connectivity index (χ4v) is 1.36. The quantitative estimate of drug-likeness (QED) is 0.527. The van der Waals surface area contributed by atoms with Crippen LogP contribution in [0, 0.1) is 5.92 Å². The van der Waals surface area contributed by atoms with Gasteiger partial charge in [-0.2, -0.15) is 5.10 Å². The first kappa shape index (κ1) is 9.12. The van der Waals surface area contributed by atoms with Gasteiger partial charge in [0.25, 0.3) is 0 Å². The molecule has 1 heterocycles. The summed E-state index contributed by atoms with van der Waals surface area (Å²) in [5.41, 5.74) is 0.390. The van der Waals surface area contributed by atoms with Crippen molar-refractivity contribution < 1.29 is 9.59 Å². The molecule has 0 atom stereocenters. The molecule has 0 amide bonds. The largest absolute Gasteiger partial charge is 0.299 e. The average Bonchev–Trinajstić information content (AvgIpc) is 2.89. The second kappa shape index (κ2) is 3.36. The Labute approximate surface area is 81.9 Å². The lowest BCUT2D eigenvalue weighted by Gasteiger charge is -1.94. The molecule has 4 nitrogen and oxygen atoms in total. The zero-order valence-corrected chi connectivity index (χ0v) is 8.06. The Morgan fingerprint density at radius 2 is 2.29 bits per heavy atom. The number of hydrogen-bond acceptors (Lipinski definition) is 3. The van der Waals surface area contributed by atoms with Crippen molar-refractivity contribution in [3.8, 4) is 0 Å². The molecule has 4 heteroatoms. The van der Waals surface area contributed by atoms with E-state index < -0.39 is 0 Å². The molecule has 0 bridgehead atoms. The normalized spacial score (nSPS) is 15.5. The lowest BCUT2D eigenvalue weighted by molar-refractivity contribution is -0.119. The molecule has 1 aliphatic carbocycles. The van der Waals surface area contributed by atoms with Crippen LogP contribution in [0.15, 0.2) is 12.3 Å². The van der Waals surface area contributed by atoms with Crippen LogP contribution in [0.5, 0.6) is 0 Å². The molecule has 1 aliphatic rings. The lowest BCUT2D eigenvalue weighted by Crippen LogP contribution is -2.10. The number of Topliss-reactive ketones (excluding diaryl/α,β-unsaturated/α-hetero) is 2. The summed E-state index contributed by atoms with van der Waals surface area (Å²) in [6, 6.07) is 1.64. The molecule has 74 valence electrons. The molecule has 0 radical (unpaired) electrons. The number of nitrogens with zero attached hydrogens (tertiary/aromatic N) is 2. The predicted molar refractivity (Wildman–Crippen MR) is 49.9 cm³/mol. The maximum atomic E-state index is 11.5. The molecule has 1 aromatic heterocycles. The van der Waals surface area contributed by atoms with Gasteiger partial charge in [0.2, 0.25) is 0 Å². The molecule has 1 saturated carbocycles. The van der Waals surface area contributed by atoms with Crippen molar-refractivity contribution in [3.63, 3.8) is 0 Å². The Morgan fingerprint density at radius 1 is 1.57 bits per heavy atom. The van der Waals surface area contributed by atoms with E-state index in [0.717, 1.165) is 12.8 Å². The summed E-state index contributed by atoms with van der Waals surface area (Å²) in [6.45, 7) is 0. The van der Waals surface area contributed by atoms with Gasteiger partial charge in [0.1, 0.15) is 11.5 Å². The number of carbonyl (C=O) groups excluding carboxylic acids is 2. The highest BCUT2D eigenvalue weighted by Crippen LogP contribution is 2.31. The van der Waals surface area contributed by atoms with E-state index in [9.17, 15) is 9.59 Å². The van der Waals surface area contributed by atoms with Gasteiger partial charge in [0.15, 0.2) is 5.78 Å². The molecule has 1 fully saturated rings. The number of rotatable bonds is 4. The van der Waals surface area contributed by atoms with E-state index in [4.69, 9.17) is 0 Å². The third-order valence-electron chi connectivity index (χ3n) is 2.37. The maximum Gasteiger partial charge on any atom is 0.190 e. The van der Waals surface area contributed by atoms with Crippen molar-refractivity contribution in [2.24, 2.45) is 13.0 Å². The van der Waals surface area contributed by atoms with Gasteiger partial charge in [-0.3, -0.25) is 14.3 Å². The molecular formula is C10H12N2O2. The standard InChI is InChI=1S/C10H12N2O2/c1-12-5-4-8(11-12)10(14)6-9(13)7-2-3-7/h4-5,7H,2-3,6H2,1H3. The molecule has 14 heavy (non-hydrogen) atoms. The van der Waals surface area contributed by atoms with Crippen LogP contribution in [0.4, 0.5) is 0 Å². The minimum atomic E-state index is -0.164. The van der Waals surface area contributed by atoms with Crippen molar-refractivity contribution in [1.82, 2.24) is 9.78 Å². The van der Waals surface area contributed by atoms with Gasteiger partial charge in [0.05, 0.1) is 6.42 Å². The van der Waals surface area contributed by atoms with E-state index in [1.807, 2.05) is 0 Å². The van der Waals surface area contributed by atoms with Crippen LogP contribution >= 0.6 is 0 Å². The van der Waals surface area contributed by atoms with Gasteiger partial charge in [-0.1, -0.05) is 0 Å². The van der Waals surface area contributed by atoms with Crippen molar-refractivity contribution in [3.05, 3.63) is 18.0 Å². The molecule has 0 saturated heterocycles. The molecule has 0 aromatic carbocycles. The molecular weight excluding hydrogens is 180 g/mol. The first-order chi connectivity index (χ1) is 6.66. The Hall–Kier alpha value is -1.45. The summed E-state index contributed by atoms with van der Waals surface area (Å²) in [4.78, 5) is 22.8. The van der Waals surface area contributed by atoms with E-state index in [1.165, 1.54) is 0 Å². The van der Waals surface area contributed by atoms with Crippen molar-refractivity contribution in [2.75, 3.05) is 0 Å². The molecule has 0 aliphatic heterocycles. The first-order valence-electron chi connectivity index (χ1n) is 4.72. The van der Waals surface area contributed by atoms with Crippen LogP contribution in [0.2, 0.25) is 0 Å². The van der Waals surface area contributed by atoms with Crippen molar-refractivity contribution in [1.29, 1.82) is 0 Å². The minimum absolute atomic E-state index is 0.0156. The van der Waals surface area contributed by atoms with E-state index in [2.05, 4.69) is 5.10 Å². The summed E-state index contributed by atoms with van der Waals surface area (Å²) in [5, 5.41) is 3.96.